The van der Waals surface area contributed by atoms with Crippen LogP contribution in [0.15, 0.2) is 18.3 Å². The van der Waals surface area contributed by atoms with Crippen molar-refractivity contribution in [3.05, 3.63) is 18.3 Å². The van der Waals surface area contributed by atoms with E-state index in [0.717, 1.165) is 18.9 Å². The van der Waals surface area contributed by atoms with Crippen LogP contribution in [0.3, 0.4) is 0 Å². The Morgan fingerprint density at radius 1 is 1.35 bits per heavy atom. The van der Waals surface area contributed by atoms with Crippen LogP contribution in [0.4, 0.5) is 11.5 Å². The number of likely N-dealkylation sites (N-methyl/N-ethyl adjacent to an activating group) is 1. The maximum absolute atomic E-state index is 11.7. The molecule has 0 unspecified atom stereocenters. The van der Waals surface area contributed by atoms with E-state index in [1.54, 1.807) is 13.2 Å². The van der Waals surface area contributed by atoms with Crippen LogP contribution in [-0.4, -0.2) is 48.4 Å². The van der Waals surface area contributed by atoms with Crippen molar-refractivity contribution in [3.63, 3.8) is 0 Å². The average Bonchev–Trinajstić information content (AvgIpc) is 2.93. The molecular formula is C14H20N4O2. The highest BCUT2D eigenvalue weighted by molar-refractivity contribution is 5.94. The lowest BCUT2D eigenvalue weighted by atomic mass is 10.3. The fourth-order valence-electron chi connectivity index (χ4n) is 2.12. The van der Waals surface area contributed by atoms with Crippen molar-refractivity contribution in [2.75, 3.05) is 36.9 Å². The first kappa shape index (κ1) is 14.3. The van der Waals surface area contributed by atoms with Crippen LogP contribution in [0.1, 0.15) is 19.8 Å². The number of carbonyl (C=O) groups excluding carboxylic acids is 2. The third kappa shape index (κ3) is 3.69. The van der Waals surface area contributed by atoms with Gasteiger partial charge in [0.1, 0.15) is 5.82 Å². The van der Waals surface area contributed by atoms with E-state index in [0.29, 0.717) is 5.69 Å². The molecule has 2 amide bonds. The first-order chi connectivity index (χ1) is 9.56. The highest BCUT2D eigenvalue weighted by Crippen LogP contribution is 2.18. The molecule has 0 aliphatic carbocycles. The molecule has 0 spiro atoms. The Hall–Kier alpha value is -2.11. The van der Waals surface area contributed by atoms with Gasteiger partial charge < -0.3 is 15.1 Å². The lowest BCUT2D eigenvalue weighted by Crippen LogP contribution is -2.33. The molecular weight excluding hydrogens is 256 g/mol. The molecule has 1 N–H and O–H groups in total. The van der Waals surface area contributed by atoms with Gasteiger partial charge in [-0.05, 0) is 25.0 Å². The number of anilines is 2. The molecule has 1 saturated heterocycles. The quantitative estimate of drug-likeness (QED) is 0.894. The zero-order valence-corrected chi connectivity index (χ0v) is 11.9. The van der Waals surface area contributed by atoms with E-state index in [1.807, 2.05) is 12.1 Å². The van der Waals surface area contributed by atoms with Gasteiger partial charge in [-0.15, -0.1) is 0 Å². The summed E-state index contributed by atoms with van der Waals surface area (Å²) in [4.78, 5) is 30.7. The van der Waals surface area contributed by atoms with Crippen LogP contribution in [-0.2, 0) is 9.59 Å². The highest BCUT2D eigenvalue weighted by Gasteiger charge is 2.13. The summed E-state index contributed by atoms with van der Waals surface area (Å²) < 4.78 is 0. The molecule has 6 heteroatoms. The molecule has 1 fully saturated rings. The summed E-state index contributed by atoms with van der Waals surface area (Å²) in [6.45, 7) is 3.56. The van der Waals surface area contributed by atoms with Crippen molar-refractivity contribution in [1.29, 1.82) is 0 Å². The zero-order chi connectivity index (χ0) is 14.5. The van der Waals surface area contributed by atoms with Crippen LogP contribution in [0.25, 0.3) is 0 Å². The van der Waals surface area contributed by atoms with Gasteiger partial charge in [0.2, 0.25) is 11.8 Å². The van der Waals surface area contributed by atoms with E-state index in [4.69, 9.17) is 0 Å². The molecule has 0 aromatic carbocycles. The number of nitrogens with zero attached hydrogens (tertiary/aromatic N) is 3. The van der Waals surface area contributed by atoms with Crippen LogP contribution in [0.5, 0.6) is 0 Å². The van der Waals surface area contributed by atoms with Crippen LogP contribution < -0.4 is 10.2 Å². The standard InChI is InChI=1S/C14H20N4O2/c1-11(19)17(2)10-14(20)16-12-5-6-13(15-9-12)18-7-3-4-8-18/h5-6,9H,3-4,7-8,10H2,1-2H3,(H,16,20). The summed E-state index contributed by atoms with van der Waals surface area (Å²) in [5, 5.41) is 2.73. The minimum atomic E-state index is -0.224. The Morgan fingerprint density at radius 3 is 2.60 bits per heavy atom. The second-order valence-electron chi connectivity index (χ2n) is 5.02. The van der Waals surface area contributed by atoms with Gasteiger partial charge in [0.05, 0.1) is 18.4 Å². The van der Waals surface area contributed by atoms with Gasteiger partial charge in [0, 0.05) is 27.1 Å². The van der Waals surface area contributed by atoms with Crippen molar-refractivity contribution in [1.82, 2.24) is 9.88 Å². The molecule has 1 aliphatic heterocycles. The third-order valence-electron chi connectivity index (χ3n) is 3.38. The van der Waals surface area contributed by atoms with E-state index >= 15 is 0 Å². The molecule has 2 heterocycles. The molecule has 0 radical (unpaired) electrons. The molecule has 1 aromatic heterocycles. The monoisotopic (exact) mass is 276 g/mol. The van der Waals surface area contributed by atoms with Crippen LogP contribution in [0.2, 0.25) is 0 Å². The highest BCUT2D eigenvalue weighted by atomic mass is 16.2. The van der Waals surface area contributed by atoms with Gasteiger partial charge >= 0.3 is 0 Å². The van der Waals surface area contributed by atoms with E-state index in [2.05, 4.69) is 15.2 Å². The first-order valence-electron chi connectivity index (χ1n) is 6.79. The largest absolute Gasteiger partial charge is 0.357 e. The Balaban J connectivity index is 1.90. The summed E-state index contributed by atoms with van der Waals surface area (Å²) in [7, 11) is 1.59. The number of rotatable bonds is 4. The molecule has 2 rings (SSSR count). The van der Waals surface area contributed by atoms with Crippen molar-refractivity contribution >= 4 is 23.3 Å². The summed E-state index contributed by atoms with van der Waals surface area (Å²) in [6, 6.07) is 3.75. The molecule has 0 atom stereocenters. The van der Waals surface area contributed by atoms with Gasteiger partial charge in [-0.25, -0.2) is 4.98 Å². The van der Waals surface area contributed by atoms with E-state index in [-0.39, 0.29) is 18.4 Å². The van der Waals surface area contributed by atoms with E-state index in [9.17, 15) is 9.59 Å². The number of pyridine rings is 1. The topological polar surface area (TPSA) is 65.5 Å². The second-order valence-corrected chi connectivity index (χ2v) is 5.02. The number of nitrogens with one attached hydrogen (secondary N) is 1. The number of carbonyl (C=O) groups is 2. The molecule has 6 nitrogen and oxygen atoms in total. The predicted octanol–water partition coefficient (Wildman–Crippen LogP) is 1.10. The number of aromatic nitrogens is 1. The number of hydrogen-bond acceptors (Lipinski definition) is 4. The zero-order valence-electron chi connectivity index (χ0n) is 11.9. The van der Waals surface area contributed by atoms with Crippen molar-refractivity contribution < 1.29 is 9.59 Å². The summed E-state index contributed by atoms with van der Waals surface area (Å²) in [5.41, 5.74) is 0.648. The maximum Gasteiger partial charge on any atom is 0.244 e. The van der Waals surface area contributed by atoms with Crippen molar-refractivity contribution in [3.8, 4) is 0 Å². The lowest BCUT2D eigenvalue weighted by molar-refractivity contribution is -0.131. The van der Waals surface area contributed by atoms with E-state index < -0.39 is 0 Å². The third-order valence-corrected chi connectivity index (χ3v) is 3.38. The van der Waals surface area contributed by atoms with Gasteiger partial charge in [-0.2, -0.15) is 0 Å². The van der Waals surface area contributed by atoms with Gasteiger partial charge in [0.15, 0.2) is 0 Å². The molecule has 0 saturated carbocycles. The average molecular weight is 276 g/mol. The molecule has 0 bridgehead atoms. The summed E-state index contributed by atoms with van der Waals surface area (Å²) in [6.07, 6.45) is 4.06. The summed E-state index contributed by atoms with van der Waals surface area (Å²) >= 11 is 0. The lowest BCUT2D eigenvalue weighted by Gasteiger charge is -2.17. The Bertz CT molecular complexity index is 480. The number of hydrogen-bond donors (Lipinski definition) is 1. The molecule has 108 valence electrons. The summed E-state index contributed by atoms with van der Waals surface area (Å²) in [5.74, 6) is 0.586. The van der Waals surface area contributed by atoms with Gasteiger partial charge in [0.25, 0.3) is 0 Å². The minimum absolute atomic E-state index is 0.0449. The number of amides is 2. The van der Waals surface area contributed by atoms with Gasteiger partial charge in [-0.1, -0.05) is 0 Å². The van der Waals surface area contributed by atoms with Crippen LogP contribution in [0, 0.1) is 0 Å². The minimum Gasteiger partial charge on any atom is -0.357 e. The molecule has 1 aromatic rings. The first-order valence-corrected chi connectivity index (χ1v) is 6.79. The molecule has 20 heavy (non-hydrogen) atoms. The SMILES string of the molecule is CC(=O)N(C)CC(=O)Nc1ccc(N2CCCC2)nc1. The van der Waals surface area contributed by atoms with Crippen molar-refractivity contribution in [2.24, 2.45) is 0 Å². The fourth-order valence-corrected chi connectivity index (χ4v) is 2.12. The van der Waals surface area contributed by atoms with E-state index in [1.165, 1.54) is 24.7 Å². The normalized spacial score (nSPS) is 14.2. The van der Waals surface area contributed by atoms with Gasteiger partial charge in [-0.3, -0.25) is 9.59 Å². The Labute approximate surface area is 118 Å². The van der Waals surface area contributed by atoms with Crippen molar-refractivity contribution in [2.45, 2.75) is 19.8 Å². The molecule has 1 aliphatic rings. The van der Waals surface area contributed by atoms with Crippen LogP contribution >= 0.6 is 0 Å². The maximum atomic E-state index is 11.7. The second kappa shape index (κ2) is 6.36. The Morgan fingerprint density at radius 2 is 2.05 bits per heavy atom. The smallest absolute Gasteiger partial charge is 0.244 e. The Kier molecular flexibility index (Phi) is 4.55. The fraction of sp³-hybridized carbons (Fsp3) is 0.500. The predicted molar refractivity (Wildman–Crippen MR) is 77.6 cm³/mol.